The number of hydrogen-bond acceptors (Lipinski definition) is 7. The molecular weight excluding hydrogens is 360 g/mol. The van der Waals surface area contributed by atoms with E-state index in [0.717, 1.165) is 11.3 Å². The van der Waals surface area contributed by atoms with E-state index in [0.29, 0.717) is 28.7 Å². The summed E-state index contributed by atoms with van der Waals surface area (Å²) in [5, 5.41) is 17.2. The number of fused-ring (bicyclic) bond motifs is 1. The van der Waals surface area contributed by atoms with Crippen LogP contribution in [0.5, 0.6) is 23.1 Å². The Bertz CT molecular complexity index is 979. The number of nitrogens with zero attached hydrogens (tertiary/aromatic N) is 2. The zero-order valence-corrected chi connectivity index (χ0v) is 16.8. The van der Waals surface area contributed by atoms with E-state index < -0.39 is 5.92 Å². The highest BCUT2D eigenvalue weighted by Gasteiger charge is 2.40. The van der Waals surface area contributed by atoms with E-state index in [2.05, 4.69) is 37.0 Å². The van der Waals surface area contributed by atoms with Crippen LogP contribution in [-0.2, 0) is 5.41 Å². The van der Waals surface area contributed by atoms with Crippen molar-refractivity contribution in [3.05, 3.63) is 40.4 Å². The Labute approximate surface area is 163 Å². The number of ether oxygens (including phenoxy) is 4. The second-order valence-electron chi connectivity index (χ2n) is 7.42. The molecule has 8 heteroatoms. The third kappa shape index (κ3) is 2.89. The normalized spacial score (nSPS) is 16.1. The van der Waals surface area contributed by atoms with Crippen molar-refractivity contribution >= 4 is 0 Å². The molecule has 0 amide bonds. The van der Waals surface area contributed by atoms with Gasteiger partial charge in [0.2, 0.25) is 17.5 Å². The molecule has 28 heavy (non-hydrogen) atoms. The molecule has 1 atom stereocenters. The lowest BCUT2D eigenvalue weighted by Gasteiger charge is -2.29. The Morgan fingerprint density at radius 3 is 2.36 bits per heavy atom. The van der Waals surface area contributed by atoms with Crippen LogP contribution in [0.4, 0.5) is 0 Å². The molecule has 0 spiro atoms. The Balaban J connectivity index is 2.36. The fourth-order valence-electron chi connectivity index (χ4n) is 3.48. The number of methoxy groups -OCH3 is 3. The van der Waals surface area contributed by atoms with Gasteiger partial charge in [0.05, 0.1) is 32.8 Å². The number of benzene rings is 1. The summed E-state index contributed by atoms with van der Waals surface area (Å²) in [5.41, 5.74) is 8.38. The molecule has 1 aromatic carbocycles. The van der Waals surface area contributed by atoms with Crippen LogP contribution in [0.2, 0.25) is 0 Å². The second kappa shape index (κ2) is 7.00. The van der Waals surface area contributed by atoms with Crippen molar-refractivity contribution in [3.63, 3.8) is 0 Å². The molecule has 0 radical (unpaired) electrons. The van der Waals surface area contributed by atoms with Crippen LogP contribution in [0.1, 0.15) is 43.5 Å². The highest BCUT2D eigenvalue weighted by atomic mass is 16.5. The van der Waals surface area contributed by atoms with Crippen molar-refractivity contribution in [2.45, 2.75) is 32.1 Å². The molecule has 0 fully saturated rings. The van der Waals surface area contributed by atoms with Gasteiger partial charge in [0.15, 0.2) is 11.5 Å². The fraction of sp³-hybridized carbons (Fsp3) is 0.400. The number of nitrogens with two attached hydrogens (primary N) is 1. The van der Waals surface area contributed by atoms with Crippen molar-refractivity contribution in [1.29, 1.82) is 5.26 Å². The van der Waals surface area contributed by atoms with Crippen molar-refractivity contribution in [2.24, 2.45) is 5.73 Å². The van der Waals surface area contributed by atoms with Crippen molar-refractivity contribution in [1.82, 2.24) is 10.2 Å². The van der Waals surface area contributed by atoms with Crippen LogP contribution < -0.4 is 24.7 Å². The molecule has 1 aliphatic rings. The highest BCUT2D eigenvalue weighted by Crippen LogP contribution is 2.51. The molecule has 2 aromatic rings. The van der Waals surface area contributed by atoms with Crippen LogP contribution in [0.3, 0.4) is 0 Å². The lowest BCUT2D eigenvalue weighted by atomic mass is 9.78. The second-order valence-corrected chi connectivity index (χ2v) is 7.42. The topological polar surface area (TPSA) is 115 Å². The van der Waals surface area contributed by atoms with Crippen LogP contribution in [0.25, 0.3) is 0 Å². The first-order valence-electron chi connectivity index (χ1n) is 8.73. The lowest BCUT2D eigenvalue weighted by Crippen LogP contribution is -2.24. The van der Waals surface area contributed by atoms with Gasteiger partial charge in [-0.15, -0.1) is 5.10 Å². The minimum atomic E-state index is -0.531. The van der Waals surface area contributed by atoms with E-state index in [4.69, 9.17) is 24.7 Å². The summed E-state index contributed by atoms with van der Waals surface area (Å²) in [6.07, 6.45) is 0. The van der Waals surface area contributed by atoms with Crippen molar-refractivity contribution in [2.75, 3.05) is 21.3 Å². The molecule has 0 saturated heterocycles. The molecule has 2 heterocycles. The zero-order chi connectivity index (χ0) is 20.6. The van der Waals surface area contributed by atoms with Gasteiger partial charge in [-0.2, -0.15) is 5.26 Å². The summed E-state index contributed by atoms with van der Waals surface area (Å²) in [6, 6.07) is 5.80. The summed E-state index contributed by atoms with van der Waals surface area (Å²) >= 11 is 0. The number of allylic oxidation sites excluding steroid dienone is 1. The van der Waals surface area contributed by atoms with Crippen LogP contribution in [0.15, 0.2) is 23.6 Å². The number of hydrogen-bond donors (Lipinski definition) is 2. The maximum absolute atomic E-state index is 9.85. The molecular formula is C20H24N4O4. The van der Waals surface area contributed by atoms with E-state index in [1.807, 2.05) is 6.07 Å². The minimum absolute atomic E-state index is 0.0174. The van der Waals surface area contributed by atoms with Crippen LogP contribution in [0, 0.1) is 11.3 Å². The first-order chi connectivity index (χ1) is 13.3. The molecule has 1 unspecified atom stereocenters. The predicted molar refractivity (Wildman–Crippen MR) is 103 cm³/mol. The van der Waals surface area contributed by atoms with Crippen molar-refractivity contribution < 1.29 is 18.9 Å². The van der Waals surface area contributed by atoms with Gasteiger partial charge in [-0.1, -0.05) is 26.8 Å². The van der Waals surface area contributed by atoms with Gasteiger partial charge in [0.1, 0.15) is 11.6 Å². The van der Waals surface area contributed by atoms with E-state index in [1.165, 1.54) is 7.11 Å². The number of rotatable bonds is 4. The predicted octanol–water partition coefficient (Wildman–Crippen LogP) is 2.95. The summed E-state index contributed by atoms with van der Waals surface area (Å²) in [7, 11) is 4.63. The van der Waals surface area contributed by atoms with Gasteiger partial charge in [-0.3, -0.25) is 5.10 Å². The lowest BCUT2D eigenvalue weighted by molar-refractivity contribution is 0.321. The molecule has 0 bridgehead atoms. The maximum atomic E-state index is 9.85. The molecule has 0 aliphatic carbocycles. The molecule has 1 aliphatic heterocycles. The largest absolute Gasteiger partial charge is 0.493 e. The SMILES string of the molecule is COc1ccc(C2C(C#N)=C(N)Oc3n[nH]c(C(C)(C)C)c32)c(OC)c1OC. The zero-order valence-electron chi connectivity index (χ0n) is 16.8. The summed E-state index contributed by atoms with van der Waals surface area (Å²) in [4.78, 5) is 0. The maximum Gasteiger partial charge on any atom is 0.244 e. The number of aromatic nitrogens is 2. The Morgan fingerprint density at radius 1 is 1.14 bits per heavy atom. The number of aromatic amines is 1. The molecule has 3 N–H and O–H groups in total. The molecule has 3 rings (SSSR count). The summed E-state index contributed by atoms with van der Waals surface area (Å²) < 4.78 is 22.2. The van der Waals surface area contributed by atoms with Gasteiger partial charge in [0.25, 0.3) is 0 Å². The van der Waals surface area contributed by atoms with Gasteiger partial charge < -0.3 is 24.7 Å². The fourth-order valence-corrected chi connectivity index (χ4v) is 3.48. The molecule has 8 nitrogen and oxygen atoms in total. The Kier molecular flexibility index (Phi) is 4.86. The van der Waals surface area contributed by atoms with Crippen LogP contribution >= 0.6 is 0 Å². The third-order valence-electron chi connectivity index (χ3n) is 4.73. The first kappa shape index (κ1) is 19.4. The minimum Gasteiger partial charge on any atom is -0.493 e. The average Bonchev–Trinajstić information content (AvgIpc) is 3.09. The van der Waals surface area contributed by atoms with E-state index in [1.54, 1.807) is 20.3 Å². The monoisotopic (exact) mass is 384 g/mol. The number of H-pyrrole nitrogens is 1. The standard InChI is InChI=1S/C20H24N4O4/c1-20(2,3)17-14-13(11(9-21)18(22)28-19(14)24-23-17)10-7-8-12(25-4)16(27-6)15(10)26-5/h7-8,13H,22H2,1-6H3,(H,23,24). The quantitative estimate of drug-likeness (QED) is 0.832. The van der Waals surface area contributed by atoms with E-state index >= 15 is 0 Å². The highest BCUT2D eigenvalue weighted by molar-refractivity contribution is 5.64. The summed E-state index contributed by atoms with van der Waals surface area (Å²) in [6.45, 7) is 6.16. The first-order valence-corrected chi connectivity index (χ1v) is 8.73. The van der Waals surface area contributed by atoms with Gasteiger partial charge >= 0.3 is 0 Å². The summed E-state index contributed by atoms with van der Waals surface area (Å²) in [5.74, 6) is 1.26. The third-order valence-corrected chi connectivity index (χ3v) is 4.73. The van der Waals surface area contributed by atoms with Gasteiger partial charge in [0, 0.05) is 16.7 Å². The van der Waals surface area contributed by atoms with Crippen molar-refractivity contribution in [3.8, 4) is 29.2 Å². The van der Waals surface area contributed by atoms with Gasteiger partial charge in [-0.25, -0.2) is 0 Å². The van der Waals surface area contributed by atoms with E-state index in [-0.39, 0.29) is 16.9 Å². The Morgan fingerprint density at radius 2 is 1.82 bits per heavy atom. The molecule has 0 saturated carbocycles. The smallest absolute Gasteiger partial charge is 0.244 e. The average molecular weight is 384 g/mol. The number of nitrogens with one attached hydrogen (secondary N) is 1. The number of nitriles is 1. The Hall–Kier alpha value is -3.34. The molecule has 148 valence electrons. The van der Waals surface area contributed by atoms with E-state index in [9.17, 15) is 5.26 Å². The molecule has 1 aromatic heterocycles. The van der Waals surface area contributed by atoms with Crippen LogP contribution in [-0.4, -0.2) is 31.5 Å². The van der Waals surface area contributed by atoms with Gasteiger partial charge in [-0.05, 0) is 6.07 Å².